The molecule has 0 bridgehead atoms. The molecule has 64 valence electrons. The molecule has 2 saturated carbocycles. The lowest BCUT2D eigenvalue weighted by Gasteiger charge is -2.29. The molecule has 0 heterocycles. The maximum absolute atomic E-state index is 9.56. The van der Waals surface area contributed by atoms with Gasteiger partial charge in [0.25, 0.3) is 0 Å². The van der Waals surface area contributed by atoms with Crippen molar-refractivity contribution in [3.63, 3.8) is 0 Å². The third kappa shape index (κ3) is 0.695. The fraction of sp³-hybridized carbons (Fsp3) is 1.00. The molecule has 4 unspecified atom stereocenters. The van der Waals surface area contributed by atoms with Crippen molar-refractivity contribution in [2.24, 2.45) is 23.0 Å². The Bertz CT molecular complexity index is 198. The predicted molar refractivity (Wildman–Crippen MR) is 44.0 cm³/mol. The Morgan fingerprint density at radius 2 is 1.91 bits per heavy atom. The highest BCUT2D eigenvalue weighted by Gasteiger charge is 2.70. The highest BCUT2D eigenvalue weighted by Crippen LogP contribution is 2.69. The summed E-state index contributed by atoms with van der Waals surface area (Å²) in [7, 11) is 0. The van der Waals surface area contributed by atoms with Crippen LogP contribution in [0.1, 0.15) is 27.2 Å². The Morgan fingerprint density at radius 3 is 2.18 bits per heavy atom. The van der Waals surface area contributed by atoms with Crippen molar-refractivity contribution in [2.75, 3.05) is 0 Å². The Balaban J connectivity index is 2.24. The molecule has 3 N–H and O–H groups in total. The van der Waals surface area contributed by atoms with Crippen molar-refractivity contribution < 1.29 is 5.11 Å². The number of fused-ring (bicyclic) bond motifs is 1. The normalized spacial score (nSPS) is 59.2. The lowest BCUT2D eigenvalue weighted by Crippen LogP contribution is -2.48. The van der Waals surface area contributed by atoms with Crippen molar-refractivity contribution in [3.05, 3.63) is 0 Å². The molecule has 4 atom stereocenters. The summed E-state index contributed by atoms with van der Waals surface area (Å²) in [6, 6.07) is 0. The summed E-state index contributed by atoms with van der Waals surface area (Å²) in [4.78, 5) is 0. The summed E-state index contributed by atoms with van der Waals surface area (Å²) in [5, 5.41) is 9.56. The molecule has 2 fully saturated rings. The maximum Gasteiger partial charge on any atom is 0.0722 e. The SMILES string of the molecule is CC1(C)C2CC(O)C(C)(N)C21. The number of aliphatic hydroxyl groups is 1. The average molecular weight is 155 g/mol. The second-order valence-electron chi connectivity index (χ2n) is 5.02. The summed E-state index contributed by atoms with van der Waals surface area (Å²) in [6.45, 7) is 6.48. The molecular weight excluding hydrogens is 138 g/mol. The third-order valence-electron chi connectivity index (χ3n) is 3.92. The van der Waals surface area contributed by atoms with Crippen LogP contribution in [0.5, 0.6) is 0 Å². The number of nitrogens with two attached hydrogens (primary N) is 1. The average Bonchev–Trinajstić information content (AvgIpc) is 2.23. The number of hydrogen-bond donors (Lipinski definition) is 2. The minimum Gasteiger partial charge on any atom is -0.391 e. The van der Waals surface area contributed by atoms with Crippen molar-refractivity contribution in [1.29, 1.82) is 0 Å². The Kier molecular flexibility index (Phi) is 1.13. The van der Waals surface area contributed by atoms with E-state index in [0.29, 0.717) is 17.3 Å². The van der Waals surface area contributed by atoms with Crippen LogP contribution in [0, 0.1) is 17.3 Å². The molecule has 2 aliphatic carbocycles. The molecule has 0 radical (unpaired) electrons. The van der Waals surface area contributed by atoms with E-state index in [1.165, 1.54) is 0 Å². The monoisotopic (exact) mass is 155 g/mol. The Labute approximate surface area is 67.8 Å². The standard InChI is InChI=1S/C9H17NO/c1-8(2)5-4-6(11)9(3,10)7(5)8/h5-7,11H,4,10H2,1-3H3. The fourth-order valence-electron chi connectivity index (χ4n) is 3.12. The second-order valence-corrected chi connectivity index (χ2v) is 5.02. The van der Waals surface area contributed by atoms with Crippen LogP contribution in [-0.4, -0.2) is 16.7 Å². The zero-order valence-corrected chi connectivity index (χ0v) is 7.46. The van der Waals surface area contributed by atoms with E-state index in [9.17, 15) is 5.11 Å². The topological polar surface area (TPSA) is 46.2 Å². The molecule has 2 heteroatoms. The number of rotatable bonds is 0. The van der Waals surface area contributed by atoms with E-state index in [1.54, 1.807) is 0 Å². The van der Waals surface area contributed by atoms with Gasteiger partial charge >= 0.3 is 0 Å². The van der Waals surface area contributed by atoms with Crippen LogP contribution in [-0.2, 0) is 0 Å². The molecule has 0 saturated heterocycles. The highest BCUT2D eigenvalue weighted by molar-refractivity contribution is 5.22. The molecule has 0 aromatic carbocycles. The van der Waals surface area contributed by atoms with Gasteiger partial charge in [-0.1, -0.05) is 13.8 Å². The van der Waals surface area contributed by atoms with E-state index in [0.717, 1.165) is 6.42 Å². The van der Waals surface area contributed by atoms with Crippen LogP contribution in [0.4, 0.5) is 0 Å². The lowest BCUT2D eigenvalue weighted by molar-refractivity contribution is 0.0819. The predicted octanol–water partition coefficient (Wildman–Crippen LogP) is 0.741. The molecule has 2 nitrogen and oxygen atoms in total. The van der Waals surface area contributed by atoms with Crippen molar-refractivity contribution in [2.45, 2.75) is 38.8 Å². The first-order chi connectivity index (χ1) is 4.88. The number of hydrogen-bond acceptors (Lipinski definition) is 2. The third-order valence-corrected chi connectivity index (χ3v) is 3.92. The minimum absolute atomic E-state index is 0.273. The van der Waals surface area contributed by atoms with Gasteiger partial charge in [0.05, 0.1) is 6.10 Å². The van der Waals surface area contributed by atoms with E-state index in [1.807, 2.05) is 6.92 Å². The van der Waals surface area contributed by atoms with Gasteiger partial charge in [-0.2, -0.15) is 0 Å². The van der Waals surface area contributed by atoms with Crippen LogP contribution in [0.25, 0.3) is 0 Å². The molecule has 0 aromatic heterocycles. The molecule has 0 amide bonds. The van der Waals surface area contributed by atoms with Crippen molar-refractivity contribution in [1.82, 2.24) is 0 Å². The summed E-state index contributed by atoms with van der Waals surface area (Å²) < 4.78 is 0. The van der Waals surface area contributed by atoms with Gasteiger partial charge in [0.15, 0.2) is 0 Å². The van der Waals surface area contributed by atoms with Gasteiger partial charge in [0.1, 0.15) is 0 Å². The van der Waals surface area contributed by atoms with Crippen LogP contribution in [0.3, 0.4) is 0 Å². The largest absolute Gasteiger partial charge is 0.391 e. The Hall–Kier alpha value is -0.0800. The molecule has 11 heavy (non-hydrogen) atoms. The van der Waals surface area contributed by atoms with E-state index >= 15 is 0 Å². The number of aliphatic hydroxyl groups excluding tert-OH is 1. The lowest BCUT2D eigenvalue weighted by atomic mass is 9.86. The quantitative estimate of drug-likeness (QED) is 0.542. The van der Waals surface area contributed by atoms with E-state index < -0.39 is 0 Å². The minimum atomic E-state index is -0.325. The first-order valence-corrected chi connectivity index (χ1v) is 4.35. The summed E-state index contributed by atoms with van der Waals surface area (Å²) in [5.74, 6) is 1.22. The van der Waals surface area contributed by atoms with Gasteiger partial charge in [-0.25, -0.2) is 0 Å². The second kappa shape index (κ2) is 1.64. The van der Waals surface area contributed by atoms with Gasteiger partial charge in [-0.05, 0) is 30.6 Å². The first-order valence-electron chi connectivity index (χ1n) is 4.35. The van der Waals surface area contributed by atoms with Crippen LogP contribution >= 0.6 is 0 Å². The highest BCUT2D eigenvalue weighted by atomic mass is 16.3. The van der Waals surface area contributed by atoms with Crippen LogP contribution < -0.4 is 5.73 Å². The Morgan fingerprint density at radius 1 is 1.36 bits per heavy atom. The van der Waals surface area contributed by atoms with Crippen LogP contribution in [0.15, 0.2) is 0 Å². The van der Waals surface area contributed by atoms with Crippen molar-refractivity contribution >= 4 is 0 Å². The van der Waals surface area contributed by atoms with Gasteiger partial charge < -0.3 is 10.8 Å². The van der Waals surface area contributed by atoms with Gasteiger partial charge in [-0.3, -0.25) is 0 Å². The summed E-state index contributed by atoms with van der Waals surface area (Å²) >= 11 is 0. The zero-order chi connectivity index (χ0) is 8.44. The van der Waals surface area contributed by atoms with E-state index in [2.05, 4.69) is 13.8 Å². The molecule has 0 aromatic rings. The molecule has 0 spiro atoms. The maximum atomic E-state index is 9.56. The van der Waals surface area contributed by atoms with Crippen molar-refractivity contribution in [3.8, 4) is 0 Å². The fourth-order valence-corrected chi connectivity index (χ4v) is 3.12. The first kappa shape index (κ1) is 7.56. The molecule has 0 aliphatic heterocycles. The summed E-state index contributed by atoms with van der Waals surface area (Å²) in [5.41, 5.74) is 6.10. The summed E-state index contributed by atoms with van der Waals surface area (Å²) in [6.07, 6.45) is 0.635. The molecule has 2 rings (SSSR count). The molecule has 2 aliphatic rings. The smallest absolute Gasteiger partial charge is 0.0722 e. The van der Waals surface area contributed by atoms with E-state index in [-0.39, 0.29) is 11.6 Å². The van der Waals surface area contributed by atoms with Gasteiger partial charge in [-0.15, -0.1) is 0 Å². The van der Waals surface area contributed by atoms with Gasteiger partial charge in [0.2, 0.25) is 0 Å². The van der Waals surface area contributed by atoms with Gasteiger partial charge in [0, 0.05) is 5.54 Å². The molecular formula is C9H17NO. The van der Waals surface area contributed by atoms with E-state index in [4.69, 9.17) is 5.73 Å². The zero-order valence-electron chi connectivity index (χ0n) is 7.46. The van der Waals surface area contributed by atoms with Crippen LogP contribution in [0.2, 0.25) is 0 Å².